The number of pyridine rings is 1. The third-order valence-corrected chi connectivity index (χ3v) is 5.02. The Balaban J connectivity index is 1.64. The average molecular weight is 399 g/mol. The fraction of sp³-hybridized carbons (Fsp3) is 0.300. The van der Waals surface area contributed by atoms with Crippen molar-refractivity contribution in [1.82, 2.24) is 9.55 Å². The number of ether oxygens (including phenoxy) is 1. The van der Waals surface area contributed by atoms with Gasteiger partial charge in [0, 0.05) is 29.8 Å². The number of esters is 1. The van der Waals surface area contributed by atoms with Gasteiger partial charge in [-0.15, -0.1) is 11.3 Å². The molecule has 0 fully saturated rings. The SMILES string of the molecule is CCOC(=O)Cc1csc(NC(=O)CCn2c(=O)cc(C)c3ccccc32)n1. The minimum atomic E-state index is -0.351. The molecule has 2 aromatic heterocycles. The van der Waals surface area contributed by atoms with E-state index in [1.54, 1.807) is 22.9 Å². The zero-order chi connectivity index (χ0) is 20.1. The molecule has 0 saturated heterocycles. The highest BCUT2D eigenvalue weighted by molar-refractivity contribution is 7.13. The van der Waals surface area contributed by atoms with E-state index in [2.05, 4.69) is 10.3 Å². The highest BCUT2D eigenvalue weighted by Gasteiger charge is 2.12. The number of aryl methyl sites for hydroxylation is 2. The van der Waals surface area contributed by atoms with Crippen LogP contribution in [0.4, 0.5) is 5.13 Å². The Morgan fingerprint density at radius 1 is 1.29 bits per heavy atom. The van der Waals surface area contributed by atoms with Crippen molar-refractivity contribution in [1.29, 1.82) is 0 Å². The molecule has 0 aliphatic rings. The second kappa shape index (κ2) is 8.79. The molecule has 1 amide bonds. The number of anilines is 1. The Labute approximate surface area is 166 Å². The number of hydrogen-bond donors (Lipinski definition) is 1. The fourth-order valence-corrected chi connectivity index (χ4v) is 3.66. The minimum Gasteiger partial charge on any atom is -0.466 e. The first-order valence-corrected chi connectivity index (χ1v) is 9.85. The van der Waals surface area contributed by atoms with Gasteiger partial charge in [0.25, 0.3) is 5.56 Å². The van der Waals surface area contributed by atoms with Gasteiger partial charge < -0.3 is 14.6 Å². The quantitative estimate of drug-likeness (QED) is 0.617. The van der Waals surface area contributed by atoms with Crippen LogP contribution in [0.1, 0.15) is 24.6 Å². The predicted molar refractivity (Wildman–Crippen MR) is 109 cm³/mol. The number of rotatable bonds is 7. The van der Waals surface area contributed by atoms with E-state index in [0.29, 0.717) is 17.4 Å². The number of amides is 1. The van der Waals surface area contributed by atoms with Crippen molar-refractivity contribution in [2.24, 2.45) is 0 Å². The van der Waals surface area contributed by atoms with Crippen LogP contribution in [0.5, 0.6) is 0 Å². The van der Waals surface area contributed by atoms with Gasteiger partial charge in [0.1, 0.15) is 0 Å². The Kier molecular flexibility index (Phi) is 6.20. The number of benzene rings is 1. The van der Waals surface area contributed by atoms with E-state index in [0.717, 1.165) is 16.5 Å². The topological polar surface area (TPSA) is 90.3 Å². The summed E-state index contributed by atoms with van der Waals surface area (Å²) in [5.74, 6) is -0.593. The summed E-state index contributed by atoms with van der Waals surface area (Å²) in [4.78, 5) is 40.4. The summed E-state index contributed by atoms with van der Waals surface area (Å²) >= 11 is 1.25. The standard InChI is InChI=1S/C20H21N3O4S/c1-3-27-19(26)11-14-12-28-20(21-14)22-17(24)8-9-23-16-7-5-4-6-15(16)13(2)10-18(23)25/h4-7,10,12H,3,8-9,11H2,1-2H3,(H,21,22,24). The number of nitrogens with zero attached hydrogens (tertiary/aromatic N) is 2. The third kappa shape index (κ3) is 4.64. The maximum absolute atomic E-state index is 12.4. The zero-order valence-corrected chi connectivity index (χ0v) is 16.5. The van der Waals surface area contributed by atoms with E-state index in [1.807, 2.05) is 31.2 Å². The molecule has 0 aliphatic heterocycles. The number of nitrogens with one attached hydrogen (secondary N) is 1. The lowest BCUT2D eigenvalue weighted by Gasteiger charge is -2.11. The summed E-state index contributed by atoms with van der Waals surface area (Å²) in [5.41, 5.74) is 2.15. The van der Waals surface area contributed by atoms with Crippen molar-refractivity contribution < 1.29 is 14.3 Å². The van der Waals surface area contributed by atoms with Crippen LogP contribution in [0.25, 0.3) is 10.9 Å². The largest absolute Gasteiger partial charge is 0.466 e. The highest BCUT2D eigenvalue weighted by Crippen LogP contribution is 2.18. The van der Waals surface area contributed by atoms with E-state index in [1.165, 1.54) is 11.3 Å². The van der Waals surface area contributed by atoms with E-state index >= 15 is 0 Å². The molecule has 0 radical (unpaired) electrons. The van der Waals surface area contributed by atoms with Crippen molar-refractivity contribution in [2.75, 3.05) is 11.9 Å². The summed E-state index contributed by atoms with van der Waals surface area (Å²) in [5, 5.41) is 5.84. The van der Waals surface area contributed by atoms with E-state index < -0.39 is 0 Å². The smallest absolute Gasteiger partial charge is 0.311 e. The normalized spacial score (nSPS) is 10.8. The Morgan fingerprint density at radius 2 is 2.07 bits per heavy atom. The van der Waals surface area contributed by atoms with Gasteiger partial charge in [-0.25, -0.2) is 4.98 Å². The number of para-hydroxylation sites is 1. The number of thiazole rings is 1. The number of fused-ring (bicyclic) bond motifs is 1. The van der Waals surface area contributed by atoms with Crippen molar-refractivity contribution in [3.05, 3.63) is 57.3 Å². The number of aromatic nitrogens is 2. The van der Waals surface area contributed by atoms with Gasteiger partial charge in [-0.2, -0.15) is 0 Å². The lowest BCUT2D eigenvalue weighted by atomic mass is 10.1. The first-order chi connectivity index (χ1) is 13.5. The van der Waals surface area contributed by atoms with Crippen LogP contribution in [-0.2, 0) is 27.3 Å². The Bertz CT molecular complexity index is 1070. The number of carbonyl (C=O) groups excluding carboxylic acids is 2. The lowest BCUT2D eigenvalue weighted by molar-refractivity contribution is -0.142. The molecule has 0 aliphatic carbocycles. The molecular weight excluding hydrogens is 378 g/mol. The summed E-state index contributed by atoms with van der Waals surface area (Å²) in [6.45, 7) is 4.23. The zero-order valence-electron chi connectivity index (χ0n) is 15.7. The number of hydrogen-bond acceptors (Lipinski definition) is 6. The molecule has 0 saturated carbocycles. The van der Waals surface area contributed by atoms with Crippen LogP contribution >= 0.6 is 11.3 Å². The van der Waals surface area contributed by atoms with Crippen LogP contribution in [-0.4, -0.2) is 28.0 Å². The van der Waals surface area contributed by atoms with Crippen molar-refractivity contribution in [3.63, 3.8) is 0 Å². The van der Waals surface area contributed by atoms with E-state index in [4.69, 9.17) is 4.74 Å². The molecule has 8 heteroatoms. The first-order valence-electron chi connectivity index (χ1n) is 8.97. The van der Waals surface area contributed by atoms with Gasteiger partial charge in [-0.05, 0) is 25.5 Å². The summed E-state index contributed by atoms with van der Waals surface area (Å²) in [7, 11) is 0. The summed E-state index contributed by atoms with van der Waals surface area (Å²) in [6, 6.07) is 9.22. The average Bonchev–Trinajstić information content (AvgIpc) is 3.08. The molecule has 0 unspecified atom stereocenters. The summed E-state index contributed by atoms with van der Waals surface area (Å²) in [6.07, 6.45) is 0.213. The monoisotopic (exact) mass is 399 g/mol. The molecule has 1 N–H and O–H groups in total. The molecule has 3 aromatic rings. The molecule has 0 spiro atoms. The van der Waals surface area contributed by atoms with Gasteiger partial charge in [0.05, 0.1) is 24.2 Å². The molecule has 0 atom stereocenters. The summed E-state index contributed by atoms with van der Waals surface area (Å²) < 4.78 is 6.49. The van der Waals surface area contributed by atoms with Crippen molar-refractivity contribution in [3.8, 4) is 0 Å². The molecule has 2 heterocycles. The van der Waals surface area contributed by atoms with Gasteiger partial charge in [-0.1, -0.05) is 18.2 Å². The fourth-order valence-electron chi connectivity index (χ4n) is 2.93. The second-order valence-electron chi connectivity index (χ2n) is 6.26. The van der Waals surface area contributed by atoms with Crippen LogP contribution < -0.4 is 10.9 Å². The Hall–Kier alpha value is -3.00. The molecular formula is C20H21N3O4S. The number of carbonyl (C=O) groups is 2. The van der Waals surface area contributed by atoms with Crippen LogP contribution in [0, 0.1) is 6.92 Å². The third-order valence-electron chi connectivity index (χ3n) is 4.22. The van der Waals surface area contributed by atoms with Crippen LogP contribution in [0.3, 0.4) is 0 Å². The maximum atomic E-state index is 12.4. The predicted octanol–water partition coefficient (Wildman–Crippen LogP) is 2.90. The van der Waals surface area contributed by atoms with Crippen LogP contribution in [0.2, 0.25) is 0 Å². The van der Waals surface area contributed by atoms with Gasteiger partial charge in [0.2, 0.25) is 5.91 Å². The van der Waals surface area contributed by atoms with Crippen molar-refractivity contribution >= 4 is 39.2 Å². The Morgan fingerprint density at radius 3 is 2.86 bits per heavy atom. The molecule has 1 aromatic carbocycles. The molecule has 146 valence electrons. The first kappa shape index (κ1) is 19.8. The van der Waals surface area contributed by atoms with E-state index in [-0.39, 0.29) is 36.8 Å². The molecule has 0 bridgehead atoms. The molecule has 28 heavy (non-hydrogen) atoms. The highest BCUT2D eigenvalue weighted by atomic mass is 32.1. The minimum absolute atomic E-state index is 0.0744. The van der Waals surface area contributed by atoms with Gasteiger partial charge in [0.15, 0.2) is 5.13 Å². The molecule has 7 nitrogen and oxygen atoms in total. The van der Waals surface area contributed by atoms with Gasteiger partial charge >= 0.3 is 5.97 Å². The van der Waals surface area contributed by atoms with Crippen molar-refractivity contribution in [2.45, 2.75) is 33.2 Å². The van der Waals surface area contributed by atoms with Gasteiger partial charge in [-0.3, -0.25) is 14.4 Å². The maximum Gasteiger partial charge on any atom is 0.311 e. The second-order valence-corrected chi connectivity index (χ2v) is 7.12. The lowest BCUT2D eigenvalue weighted by Crippen LogP contribution is -2.23. The van der Waals surface area contributed by atoms with E-state index in [9.17, 15) is 14.4 Å². The van der Waals surface area contributed by atoms with Crippen LogP contribution in [0.15, 0.2) is 40.5 Å². The molecule has 3 rings (SSSR count).